The van der Waals surface area contributed by atoms with E-state index in [1.807, 2.05) is 0 Å². The van der Waals surface area contributed by atoms with Crippen LogP contribution in [-0.2, 0) is 14.4 Å². The molecule has 0 aromatic heterocycles. The van der Waals surface area contributed by atoms with E-state index in [9.17, 15) is 24.5 Å². The lowest BCUT2D eigenvalue weighted by Gasteiger charge is -2.19. The Morgan fingerprint density at radius 1 is 1.23 bits per heavy atom. The van der Waals surface area contributed by atoms with Crippen LogP contribution in [0.5, 0.6) is 5.75 Å². The molecule has 1 aromatic rings. The van der Waals surface area contributed by atoms with Crippen molar-refractivity contribution in [1.29, 1.82) is 0 Å². The topological polar surface area (TPSA) is 107 Å². The van der Waals surface area contributed by atoms with Gasteiger partial charge >= 0.3 is 11.7 Å². The number of nitrogens with zero attached hydrogens (tertiary/aromatic N) is 2. The number of carbonyl (C=O) groups excluding carboxylic acids is 3. The third-order valence-corrected chi connectivity index (χ3v) is 5.01. The molecule has 2 aliphatic rings. The molecule has 0 radical (unpaired) electrons. The van der Waals surface area contributed by atoms with Crippen LogP contribution in [-0.4, -0.2) is 34.2 Å². The number of amides is 2. The van der Waals surface area contributed by atoms with E-state index < -0.39 is 10.9 Å². The number of carbonyl (C=O) groups is 3. The molecule has 2 atom stereocenters. The number of nitro benzene ring substituents is 1. The molecule has 8 nitrogen and oxygen atoms in total. The molecule has 3 rings (SSSR count). The first-order valence-corrected chi connectivity index (χ1v) is 8.69. The van der Waals surface area contributed by atoms with Crippen LogP contribution in [0.4, 0.5) is 5.69 Å². The molecule has 1 aromatic carbocycles. The summed E-state index contributed by atoms with van der Waals surface area (Å²) >= 11 is 0. The zero-order chi connectivity index (χ0) is 18.8. The van der Waals surface area contributed by atoms with Crippen molar-refractivity contribution < 1.29 is 24.0 Å². The molecule has 8 heteroatoms. The summed E-state index contributed by atoms with van der Waals surface area (Å²) in [6, 6.07) is 4.24. The molecular formula is C18H20N2O6. The van der Waals surface area contributed by atoms with Gasteiger partial charge in [-0.2, -0.15) is 0 Å². The van der Waals surface area contributed by atoms with Crippen LogP contribution >= 0.6 is 0 Å². The second kappa shape index (κ2) is 7.23. The molecule has 0 bridgehead atoms. The van der Waals surface area contributed by atoms with E-state index in [4.69, 9.17) is 4.74 Å². The number of rotatable bonds is 5. The highest BCUT2D eigenvalue weighted by molar-refractivity contribution is 6.05. The Labute approximate surface area is 150 Å². The van der Waals surface area contributed by atoms with E-state index in [1.165, 1.54) is 12.1 Å². The van der Waals surface area contributed by atoms with E-state index >= 15 is 0 Å². The number of esters is 1. The third kappa shape index (κ3) is 3.44. The van der Waals surface area contributed by atoms with Gasteiger partial charge in [-0.05, 0) is 31.4 Å². The normalized spacial score (nSPS) is 22.3. The fourth-order valence-electron chi connectivity index (χ4n) is 3.68. The summed E-state index contributed by atoms with van der Waals surface area (Å²) in [7, 11) is 0. The maximum absolute atomic E-state index is 12.4. The van der Waals surface area contributed by atoms with Gasteiger partial charge < -0.3 is 4.74 Å². The summed E-state index contributed by atoms with van der Waals surface area (Å²) in [5.74, 6) is -1.79. The Morgan fingerprint density at radius 2 is 1.85 bits per heavy atom. The number of benzene rings is 1. The molecule has 1 heterocycles. The Balaban J connectivity index is 1.63. The van der Waals surface area contributed by atoms with E-state index in [1.54, 1.807) is 13.0 Å². The smallest absolute Gasteiger partial charge is 0.313 e. The monoisotopic (exact) mass is 360 g/mol. The van der Waals surface area contributed by atoms with Crippen molar-refractivity contribution in [3.05, 3.63) is 33.9 Å². The Bertz CT molecular complexity index is 751. The largest absolute Gasteiger partial charge is 0.419 e. The highest BCUT2D eigenvalue weighted by Gasteiger charge is 2.47. The number of aryl methyl sites for hydroxylation is 1. The lowest BCUT2D eigenvalue weighted by molar-refractivity contribution is -0.385. The summed E-state index contributed by atoms with van der Waals surface area (Å²) in [5, 5.41) is 11.0. The van der Waals surface area contributed by atoms with Gasteiger partial charge in [-0.3, -0.25) is 29.4 Å². The first-order valence-electron chi connectivity index (χ1n) is 8.69. The lowest BCUT2D eigenvalue weighted by Crippen LogP contribution is -2.33. The van der Waals surface area contributed by atoms with Gasteiger partial charge in [0.15, 0.2) is 0 Å². The summed E-state index contributed by atoms with van der Waals surface area (Å²) in [6.45, 7) is 1.67. The van der Waals surface area contributed by atoms with Gasteiger partial charge in [-0.25, -0.2) is 0 Å². The predicted molar refractivity (Wildman–Crippen MR) is 90.3 cm³/mol. The standard InChI is InChI=1S/C18H20N2O6/c1-11-6-7-14(20(24)25)15(10-11)26-16(21)8-9-19-17(22)12-4-2-3-5-13(12)18(19)23/h6-7,10,12-13H,2-5,8-9H2,1H3/t12-,13-/m0/s1. The maximum Gasteiger partial charge on any atom is 0.313 e. The molecule has 2 amide bonds. The number of fused-ring (bicyclic) bond motifs is 1. The van der Waals surface area contributed by atoms with Gasteiger partial charge in [0.05, 0.1) is 23.2 Å². The number of hydrogen-bond acceptors (Lipinski definition) is 6. The zero-order valence-electron chi connectivity index (χ0n) is 14.5. The lowest BCUT2D eigenvalue weighted by atomic mass is 9.81. The number of ether oxygens (including phenoxy) is 1. The van der Waals surface area contributed by atoms with E-state index in [-0.39, 0.29) is 48.1 Å². The summed E-state index contributed by atoms with van der Waals surface area (Å²) in [4.78, 5) is 48.4. The fourth-order valence-corrected chi connectivity index (χ4v) is 3.68. The Kier molecular flexibility index (Phi) is 5.01. The van der Waals surface area contributed by atoms with Crippen molar-refractivity contribution in [3.63, 3.8) is 0 Å². The quantitative estimate of drug-likeness (QED) is 0.262. The molecule has 0 spiro atoms. The number of imide groups is 1. The minimum atomic E-state index is -0.714. The highest BCUT2D eigenvalue weighted by atomic mass is 16.6. The van der Waals surface area contributed by atoms with Crippen molar-refractivity contribution >= 4 is 23.5 Å². The van der Waals surface area contributed by atoms with Crippen LogP contribution in [0.2, 0.25) is 0 Å². The van der Waals surface area contributed by atoms with Crippen LogP contribution in [0, 0.1) is 28.9 Å². The zero-order valence-corrected chi connectivity index (χ0v) is 14.5. The molecule has 1 aliphatic heterocycles. The van der Waals surface area contributed by atoms with Crippen molar-refractivity contribution in [1.82, 2.24) is 4.90 Å². The van der Waals surface area contributed by atoms with Crippen molar-refractivity contribution in [3.8, 4) is 5.75 Å². The predicted octanol–water partition coefficient (Wildman–Crippen LogP) is 2.37. The molecule has 0 unspecified atom stereocenters. The molecule has 1 aliphatic carbocycles. The van der Waals surface area contributed by atoms with Gasteiger partial charge in [0, 0.05) is 12.6 Å². The van der Waals surface area contributed by atoms with Crippen molar-refractivity contribution in [2.24, 2.45) is 11.8 Å². The minimum absolute atomic E-state index is 0.0525. The first kappa shape index (κ1) is 18.0. The summed E-state index contributed by atoms with van der Waals surface area (Å²) in [5.41, 5.74) is 0.413. The van der Waals surface area contributed by atoms with Gasteiger partial charge in [-0.15, -0.1) is 0 Å². The van der Waals surface area contributed by atoms with Crippen LogP contribution in [0.3, 0.4) is 0 Å². The van der Waals surface area contributed by atoms with E-state index in [2.05, 4.69) is 0 Å². The minimum Gasteiger partial charge on any atom is -0.419 e. The van der Waals surface area contributed by atoms with Gasteiger partial charge in [-0.1, -0.05) is 18.9 Å². The van der Waals surface area contributed by atoms with Gasteiger partial charge in [0.1, 0.15) is 0 Å². The van der Waals surface area contributed by atoms with Gasteiger partial charge in [0.25, 0.3) is 0 Å². The van der Waals surface area contributed by atoms with E-state index in [0.717, 1.165) is 17.7 Å². The molecule has 1 saturated carbocycles. The number of likely N-dealkylation sites (tertiary alicyclic amines) is 1. The molecule has 2 fully saturated rings. The number of hydrogen-bond donors (Lipinski definition) is 0. The van der Waals surface area contributed by atoms with Gasteiger partial charge in [0.2, 0.25) is 17.6 Å². The van der Waals surface area contributed by atoms with Crippen molar-refractivity contribution in [2.75, 3.05) is 6.54 Å². The summed E-state index contributed by atoms with van der Waals surface area (Å²) < 4.78 is 5.11. The molecule has 0 N–H and O–H groups in total. The summed E-state index contributed by atoms with van der Waals surface area (Å²) in [6.07, 6.45) is 3.11. The molecule has 26 heavy (non-hydrogen) atoms. The van der Waals surface area contributed by atoms with Crippen LogP contribution < -0.4 is 4.74 Å². The second-order valence-electron chi connectivity index (χ2n) is 6.78. The second-order valence-corrected chi connectivity index (χ2v) is 6.78. The maximum atomic E-state index is 12.4. The first-order chi connectivity index (χ1) is 12.4. The molecular weight excluding hydrogens is 340 g/mol. The van der Waals surface area contributed by atoms with Crippen LogP contribution in [0.25, 0.3) is 0 Å². The highest BCUT2D eigenvalue weighted by Crippen LogP contribution is 2.38. The Morgan fingerprint density at radius 3 is 2.42 bits per heavy atom. The number of nitro groups is 1. The molecule has 1 saturated heterocycles. The van der Waals surface area contributed by atoms with Crippen LogP contribution in [0.1, 0.15) is 37.7 Å². The van der Waals surface area contributed by atoms with E-state index in [0.29, 0.717) is 18.4 Å². The average Bonchev–Trinajstić information content (AvgIpc) is 2.84. The van der Waals surface area contributed by atoms with Crippen LogP contribution in [0.15, 0.2) is 18.2 Å². The Hall–Kier alpha value is -2.77. The molecule has 138 valence electrons. The average molecular weight is 360 g/mol. The third-order valence-electron chi connectivity index (χ3n) is 5.01. The fraction of sp³-hybridized carbons (Fsp3) is 0.500. The van der Waals surface area contributed by atoms with Crippen molar-refractivity contribution in [2.45, 2.75) is 39.0 Å². The SMILES string of the molecule is Cc1ccc([N+](=O)[O-])c(OC(=O)CCN2C(=O)[C@H]3CCCC[C@@H]3C2=O)c1.